The molecule has 2 atom stereocenters. The van der Waals surface area contributed by atoms with Crippen molar-refractivity contribution in [3.63, 3.8) is 0 Å². The van der Waals surface area contributed by atoms with Gasteiger partial charge in [0.1, 0.15) is 11.5 Å². The number of piperidine rings is 1. The minimum absolute atomic E-state index is 0.117. The Morgan fingerprint density at radius 1 is 1.29 bits per heavy atom. The van der Waals surface area contributed by atoms with Crippen molar-refractivity contribution in [2.45, 2.75) is 51.5 Å². The van der Waals surface area contributed by atoms with E-state index in [1.54, 1.807) is 0 Å². The molecule has 1 saturated carbocycles. The van der Waals surface area contributed by atoms with Gasteiger partial charge in [-0.05, 0) is 50.7 Å². The second kappa shape index (κ2) is 6.46. The van der Waals surface area contributed by atoms with Crippen LogP contribution in [0.15, 0.2) is 18.2 Å². The summed E-state index contributed by atoms with van der Waals surface area (Å²) in [5.74, 6) is 1.63. The summed E-state index contributed by atoms with van der Waals surface area (Å²) in [6.45, 7) is 3.75. The Kier molecular flexibility index (Phi) is 4.42. The van der Waals surface area contributed by atoms with Crippen LogP contribution in [0.25, 0.3) is 0 Å². The minimum Gasteiger partial charge on any atom is -0.370 e. The van der Waals surface area contributed by atoms with Gasteiger partial charge >= 0.3 is 0 Å². The van der Waals surface area contributed by atoms with Crippen LogP contribution in [0.4, 0.5) is 5.82 Å². The van der Waals surface area contributed by atoms with E-state index in [4.69, 9.17) is 0 Å². The molecule has 4 nitrogen and oxygen atoms in total. The highest BCUT2D eigenvalue weighted by atomic mass is 16.2. The van der Waals surface area contributed by atoms with Crippen molar-refractivity contribution in [2.24, 2.45) is 5.92 Å². The molecule has 1 aromatic heterocycles. The maximum Gasteiger partial charge on any atom is 0.272 e. The number of amides is 1. The Hall–Kier alpha value is -1.58. The van der Waals surface area contributed by atoms with Gasteiger partial charge in [-0.2, -0.15) is 0 Å². The van der Waals surface area contributed by atoms with Crippen LogP contribution in [-0.4, -0.2) is 34.9 Å². The maximum absolute atomic E-state index is 12.8. The number of hydrogen-bond donors (Lipinski definition) is 1. The molecular formula is C17H25N3O. The molecular weight excluding hydrogens is 262 g/mol. The lowest BCUT2D eigenvalue weighted by Gasteiger charge is -2.44. The van der Waals surface area contributed by atoms with Crippen molar-refractivity contribution in [2.75, 3.05) is 18.4 Å². The van der Waals surface area contributed by atoms with Crippen molar-refractivity contribution in [1.29, 1.82) is 0 Å². The summed E-state index contributed by atoms with van der Waals surface area (Å²) in [6, 6.07) is 6.13. The van der Waals surface area contributed by atoms with Gasteiger partial charge in [0.2, 0.25) is 0 Å². The van der Waals surface area contributed by atoms with Gasteiger partial charge in [-0.3, -0.25) is 4.79 Å². The van der Waals surface area contributed by atoms with E-state index in [2.05, 4.69) is 15.2 Å². The highest BCUT2D eigenvalue weighted by Gasteiger charge is 2.36. The number of anilines is 1. The Labute approximate surface area is 126 Å². The molecule has 0 spiro atoms. The Balaban J connectivity index is 1.78. The third-order valence-electron chi connectivity index (χ3n) is 4.83. The standard InChI is InChI=1S/C17H25N3O/c1-2-18-16-11-5-9-14(19-16)17(21)20-12-6-8-13-7-3-4-10-15(13)20/h5,9,11,13,15H,2-4,6-8,10,12H2,1H3,(H,18,19). The molecule has 4 heteroatoms. The average molecular weight is 287 g/mol. The Bertz CT molecular complexity index is 501. The van der Waals surface area contributed by atoms with Crippen LogP contribution in [0.2, 0.25) is 0 Å². The van der Waals surface area contributed by atoms with E-state index in [1.165, 1.54) is 32.1 Å². The average Bonchev–Trinajstić information content (AvgIpc) is 2.54. The first-order valence-corrected chi connectivity index (χ1v) is 8.31. The maximum atomic E-state index is 12.8. The number of carbonyl (C=O) groups is 1. The van der Waals surface area contributed by atoms with Crippen LogP contribution in [0.1, 0.15) is 55.9 Å². The van der Waals surface area contributed by atoms with Gasteiger partial charge in [0.25, 0.3) is 5.91 Å². The van der Waals surface area contributed by atoms with Crippen molar-refractivity contribution >= 4 is 11.7 Å². The fourth-order valence-corrected chi connectivity index (χ4v) is 3.86. The van der Waals surface area contributed by atoms with Crippen LogP contribution in [-0.2, 0) is 0 Å². The predicted octanol–water partition coefficient (Wildman–Crippen LogP) is 3.31. The summed E-state index contributed by atoms with van der Waals surface area (Å²) in [4.78, 5) is 19.4. The number of aromatic nitrogens is 1. The number of likely N-dealkylation sites (tertiary alicyclic amines) is 1. The third-order valence-corrected chi connectivity index (χ3v) is 4.83. The molecule has 114 valence electrons. The number of pyridine rings is 1. The lowest BCUT2D eigenvalue weighted by molar-refractivity contribution is 0.0385. The summed E-state index contributed by atoms with van der Waals surface area (Å²) < 4.78 is 0. The van der Waals surface area contributed by atoms with E-state index in [1.807, 2.05) is 25.1 Å². The Morgan fingerprint density at radius 2 is 2.10 bits per heavy atom. The van der Waals surface area contributed by atoms with Crippen LogP contribution in [0.3, 0.4) is 0 Å². The number of nitrogens with zero attached hydrogens (tertiary/aromatic N) is 2. The smallest absolute Gasteiger partial charge is 0.272 e. The monoisotopic (exact) mass is 287 g/mol. The van der Waals surface area contributed by atoms with Gasteiger partial charge in [-0.1, -0.05) is 18.9 Å². The summed E-state index contributed by atoms with van der Waals surface area (Å²) in [5, 5.41) is 3.18. The number of carbonyl (C=O) groups excluding carboxylic acids is 1. The summed E-state index contributed by atoms with van der Waals surface area (Å²) >= 11 is 0. The lowest BCUT2D eigenvalue weighted by Crippen LogP contribution is -2.49. The zero-order valence-corrected chi connectivity index (χ0v) is 12.8. The highest BCUT2D eigenvalue weighted by Crippen LogP contribution is 2.35. The van der Waals surface area contributed by atoms with E-state index in [0.29, 0.717) is 17.7 Å². The second-order valence-electron chi connectivity index (χ2n) is 6.19. The van der Waals surface area contributed by atoms with Gasteiger partial charge in [0.05, 0.1) is 0 Å². The van der Waals surface area contributed by atoms with E-state index in [-0.39, 0.29) is 5.91 Å². The van der Waals surface area contributed by atoms with Gasteiger partial charge in [-0.15, -0.1) is 0 Å². The van der Waals surface area contributed by atoms with Crippen LogP contribution in [0.5, 0.6) is 0 Å². The van der Waals surface area contributed by atoms with Crippen molar-refractivity contribution < 1.29 is 4.79 Å². The SMILES string of the molecule is CCNc1cccc(C(=O)N2CCCC3CCCCC32)n1. The van der Waals surface area contributed by atoms with Crippen LogP contribution >= 0.6 is 0 Å². The van der Waals surface area contributed by atoms with Crippen molar-refractivity contribution in [3.05, 3.63) is 23.9 Å². The molecule has 2 fully saturated rings. The molecule has 3 rings (SSSR count). The molecule has 2 unspecified atom stereocenters. The molecule has 1 aromatic rings. The summed E-state index contributed by atoms with van der Waals surface area (Å²) in [6.07, 6.45) is 7.48. The zero-order chi connectivity index (χ0) is 14.7. The van der Waals surface area contributed by atoms with E-state index in [0.717, 1.165) is 25.3 Å². The number of fused-ring (bicyclic) bond motifs is 1. The minimum atomic E-state index is 0.117. The van der Waals surface area contributed by atoms with E-state index < -0.39 is 0 Å². The molecule has 21 heavy (non-hydrogen) atoms. The predicted molar refractivity (Wildman–Crippen MR) is 84.4 cm³/mol. The largest absolute Gasteiger partial charge is 0.370 e. The van der Waals surface area contributed by atoms with Gasteiger partial charge in [-0.25, -0.2) is 4.98 Å². The second-order valence-corrected chi connectivity index (χ2v) is 6.19. The number of nitrogens with one attached hydrogen (secondary N) is 1. The van der Waals surface area contributed by atoms with Crippen LogP contribution in [0, 0.1) is 5.92 Å². The molecule has 0 aromatic carbocycles. The normalized spacial score (nSPS) is 25.3. The Morgan fingerprint density at radius 3 is 2.95 bits per heavy atom. The van der Waals surface area contributed by atoms with E-state index >= 15 is 0 Å². The fourth-order valence-electron chi connectivity index (χ4n) is 3.86. The van der Waals surface area contributed by atoms with Gasteiger partial charge in [0.15, 0.2) is 0 Å². The summed E-state index contributed by atoms with van der Waals surface area (Å²) in [7, 11) is 0. The molecule has 1 aliphatic heterocycles. The molecule has 2 aliphatic rings. The molecule has 2 heterocycles. The fraction of sp³-hybridized carbons (Fsp3) is 0.647. The van der Waals surface area contributed by atoms with Crippen LogP contribution < -0.4 is 5.32 Å². The molecule has 1 aliphatic carbocycles. The lowest BCUT2D eigenvalue weighted by atomic mass is 9.78. The molecule has 1 amide bonds. The first kappa shape index (κ1) is 14.4. The first-order valence-electron chi connectivity index (χ1n) is 8.31. The van der Waals surface area contributed by atoms with Crippen molar-refractivity contribution in [1.82, 2.24) is 9.88 Å². The quantitative estimate of drug-likeness (QED) is 0.927. The first-order chi connectivity index (χ1) is 10.3. The van der Waals surface area contributed by atoms with E-state index in [9.17, 15) is 4.79 Å². The molecule has 1 N–H and O–H groups in total. The molecule has 1 saturated heterocycles. The topological polar surface area (TPSA) is 45.2 Å². The van der Waals surface area contributed by atoms with Gasteiger partial charge in [0, 0.05) is 19.1 Å². The number of rotatable bonds is 3. The molecule has 0 bridgehead atoms. The van der Waals surface area contributed by atoms with Gasteiger partial charge < -0.3 is 10.2 Å². The van der Waals surface area contributed by atoms with Crippen molar-refractivity contribution in [3.8, 4) is 0 Å². The molecule has 0 radical (unpaired) electrons. The zero-order valence-electron chi connectivity index (χ0n) is 12.8. The number of hydrogen-bond acceptors (Lipinski definition) is 3. The summed E-state index contributed by atoms with van der Waals surface area (Å²) in [5.41, 5.74) is 0.583. The highest BCUT2D eigenvalue weighted by molar-refractivity contribution is 5.93. The third kappa shape index (κ3) is 3.04.